The van der Waals surface area contributed by atoms with Gasteiger partial charge in [-0.05, 0) is 64.2 Å². The van der Waals surface area contributed by atoms with Crippen molar-refractivity contribution in [1.29, 1.82) is 0 Å². The van der Waals surface area contributed by atoms with Gasteiger partial charge in [-0.1, -0.05) is 18.2 Å². The number of halogens is 1. The monoisotopic (exact) mass is 453 g/mol. The lowest BCUT2D eigenvalue weighted by Crippen LogP contribution is -2.21. The number of hydrogen-bond acceptors (Lipinski definition) is 5. The Morgan fingerprint density at radius 2 is 1.86 bits per heavy atom. The van der Waals surface area contributed by atoms with Gasteiger partial charge in [0, 0.05) is 40.7 Å². The first kappa shape index (κ1) is 18.0. The average Bonchev–Trinajstić information content (AvgIpc) is 3.44. The van der Waals surface area contributed by atoms with Gasteiger partial charge in [-0.15, -0.1) is 11.8 Å². The zero-order valence-electron chi connectivity index (χ0n) is 15.6. The van der Waals surface area contributed by atoms with Crippen LogP contribution in [-0.4, -0.2) is 23.6 Å². The zero-order valence-corrected chi connectivity index (χ0v) is 18.0. The van der Waals surface area contributed by atoms with E-state index >= 15 is 0 Å². The van der Waals surface area contributed by atoms with Crippen molar-refractivity contribution in [2.45, 2.75) is 28.9 Å². The van der Waals surface area contributed by atoms with E-state index in [4.69, 9.17) is 4.74 Å². The fraction of sp³-hybridized carbons (Fsp3) is 0.273. The van der Waals surface area contributed by atoms with Gasteiger partial charge in [0.25, 0.3) is 0 Å². The fourth-order valence-electron chi connectivity index (χ4n) is 3.84. The van der Waals surface area contributed by atoms with E-state index in [2.05, 4.69) is 61.1 Å². The van der Waals surface area contributed by atoms with Crippen molar-refractivity contribution in [2.75, 3.05) is 18.6 Å². The molecule has 1 aromatic heterocycles. The van der Waals surface area contributed by atoms with Crippen LogP contribution in [0.5, 0.6) is 5.75 Å². The Kier molecular flexibility index (Phi) is 4.56. The summed E-state index contributed by atoms with van der Waals surface area (Å²) in [5.41, 5.74) is 4.32. The van der Waals surface area contributed by atoms with Gasteiger partial charge in [0.1, 0.15) is 5.75 Å². The molecule has 0 saturated heterocycles. The lowest BCUT2D eigenvalue weighted by Gasteiger charge is -2.18. The molecule has 1 spiro atoms. The largest absolute Gasteiger partial charge is 0.497 e. The van der Waals surface area contributed by atoms with E-state index in [1.165, 1.54) is 34.6 Å². The first-order valence-electron chi connectivity index (χ1n) is 9.32. The van der Waals surface area contributed by atoms with Crippen LogP contribution in [0.2, 0.25) is 0 Å². The van der Waals surface area contributed by atoms with E-state index in [0.717, 1.165) is 28.5 Å². The van der Waals surface area contributed by atoms with E-state index in [1.54, 1.807) is 7.11 Å². The number of methoxy groups -OCH3 is 1. The summed E-state index contributed by atoms with van der Waals surface area (Å²) in [6.45, 7) is 0.983. The molecule has 0 radical (unpaired) electrons. The minimum absolute atomic E-state index is 0.310. The molecular formula is C22H20BrN3OS. The molecule has 1 saturated carbocycles. The lowest BCUT2D eigenvalue weighted by atomic mass is 9.99. The number of hydrogen-bond donors (Lipinski definition) is 0. The highest BCUT2D eigenvalue weighted by Gasteiger charge is 2.52. The molecule has 6 heteroatoms. The Hall–Kier alpha value is -2.05. The van der Waals surface area contributed by atoms with Gasteiger partial charge >= 0.3 is 0 Å². The molecule has 3 aromatic rings. The van der Waals surface area contributed by atoms with E-state index in [-0.39, 0.29) is 0 Å². The smallest absolute Gasteiger partial charge is 0.229 e. The molecule has 0 atom stereocenters. The summed E-state index contributed by atoms with van der Waals surface area (Å²) in [7, 11) is 1.70. The van der Waals surface area contributed by atoms with Crippen LogP contribution >= 0.6 is 27.7 Å². The van der Waals surface area contributed by atoms with E-state index in [9.17, 15) is 0 Å². The number of ether oxygens (including phenoxy) is 1. The molecule has 0 N–H and O–H groups in total. The van der Waals surface area contributed by atoms with Crippen LogP contribution in [0.3, 0.4) is 0 Å². The average molecular weight is 454 g/mol. The summed E-state index contributed by atoms with van der Waals surface area (Å²) in [5.74, 6) is 2.61. The summed E-state index contributed by atoms with van der Waals surface area (Å²) < 4.78 is 6.15. The van der Waals surface area contributed by atoms with Crippen LogP contribution in [0.4, 0.5) is 11.6 Å². The predicted molar refractivity (Wildman–Crippen MR) is 117 cm³/mol. The second-order valence-electron chi connectivity index (χ2n) is 7.38. The maximum atomic E-state index is 5.24. The molecule has 2 aromatic carbocycles. The molecule has 4 nitrogen and oxygen atoms in total. The highest BCUT2D eigenvalue weighted by atomic mass is 79.9. The number of thioether (sulfide) groups is 1. The van der Waals surface area contributed by atoms with Crippen LogP contribution in [0, 0.1) is 0 Å². The van der Waals surface area contributed by atoms with E-state index < -0.39 is 0 Å². The van der Waals surface area contributed by atoms with Crippen molar-refractivity contribution < 1.29 is 4.74 Å². The minimum Gasteiger partial charge on any atom is -0.497 e. The number of nitrogens with zero attached hydrogens (tertiary/aromatic N) is 3. The molecule has 1 aliphatic heterocycles. The van der Waals surface area contributed by atoms with Crippen LogP contribution in [0.15, 0.2) is 64.2 Å². The summed E-state index contributed by atoms with van der Waals surface area (Å²) >= 11 is 5.29. The van der Waals surface area contributed by atoms with Crippen molar-refractivity contribution in [3.8, 4) is 5.75 Å². The Morgan fingerprint density at radius 1 is 1.11 bits per heavy atom. The Balaban J connectivity index is 1.40. The quantitative estimate of drug-likeness (QED) is 0.461. The molecule has 0 bridgehead atoms. The van der Waals surface area contributed by atoms with Crippen LogP contribution in [-0.2, 0) is 11.2 Å². The van der Waals surface area contributed by atoms with Crippen LogP contribution in [0.1, 0.15) is 24.0 Å². The Labute approximate surface area is 177 Å². The molecule has 142 valence electrons. The molecule has 2 heterocycles. The standard InChI is InChI=1S/C22H20BrN3OS/c1-27-17-4-2-15(3-5-17)13-28-18-6-7-19-20(10-18)26(14-22(19)8-9-22)21-24-11-16(23)12-25-21/h2-7,10-12H,8-9,13-14H2,1H3. The van der Waals surface area contributed by atoms with Gasteiger partial charge in [0.2, 0.25) is 5.95 Å². The third-order valence-corrected chi connectivity index (χ3v) is 7.03. The van der Waals surface area contributed by atoms with Crippen molar-refractivity contribution >= 4 is 39.3 Å². The predicted octanol–water partition coefficient (Wildman–Crippen LogP) is 5.72. The maximum Gasteiger partial charge on any atom is 0.229 e. The van der Waals surface area contributed by atoms with Crippen LogP contribution in [0.25, 0.3) is 0 Å². The molecule has 1 fully saturated rings. The van der Waals surface area contributed by atoms with Gasteiger partial charge in [-0.3, -0.25) is 0 Å². The zero-order chi connectivity index (χ0) is 19.1. The lowest BCUT2D eigenvalue weighted by molar-refractivity contribution is 0.414. The highest BCUT2D eigenvalue weighted by molar-refractivity contribution is 9.10. The van der Waals surface area contributed by atoms with Gasteiger partial charge in [-0.2, -0.15) is 0 Å². The van der Waals surface area contributed by atoms with Gasteiger partial charge < -0.3 is 9.64 Å². The van der Waals surface area contributed by atoms with Crippen molar-refractivity contribution in [3.63, 3.8) is 0 Å². The van der Waals surface area contributed by atoms with Gasteiger partial charge in [0.05, 0.1) is 11.6 Å². The SMILES string of the molecule is COc1ccc(CSc2ccc3c(c2)N(c2ncc(Br)cn2)CC32CC2)cc1. The Bertz CT molecular complexity index is 1000. The second-order valence-corrected chi connectivity index (χ2v) is 9.35. The number of rotatable bonds is 5. The first-order valence-corrected chi connectivity index (χ1v) is 11.1. The number of anilines is 2. The number of fused-ring (bicyclic) bond motifs is 2. The van der Waals surface area contributed by atoms with Crippen molar-refractivity contribution in [2.24, 2.45) is 0 Å². The number of benzene rings is 2. The molecule has 28 heavy (non-hydrogen) atoms. The van der Waals surface area contributed by atoms with Gasteiger partial charge in [0.15, 0.2) is 0 Å². The summed E-state index contributed by atoms with van der Waals surface area (Å²) in [4.78, 5) is 12.6. The third-order valence-electron chi connectivity index (χ3n) is 5.56. The Morgan fingerprint density at radius 3 is 2.54 bits per heavy atom. The van der Waals surface area contributed by atoms with Gasteiger partial charge in [-0.25, -0.2) is 9.97 Å². The van der Waals surface area contributed by atoms with E-state index in [1.807, 2.05) is 36.3 Å². The summed E-state index contributed by atoms with van der Waals surface area (Å²) in [6, 6.07) is 15.2. The molecule has 5 rings (SSSR count). The molecular weight excluding hydrogens is 434 g/mol. The third kappa shape index (κ3) is 3.29. The van der Waals surface area contributed by atoms with Crippen LogP contribution < -0.4 is 9.64 Å². The topological polar surface area (TPSA) is 38.2 Å². The summed E-state index contributed by atoms with van der Waals surface area (Å²) in [6.07, 6.45) is 6.15. The highest BCUT2D eigenvalue weighted by Crippen LogP contribution is 2.58. The molecule has 1 aliphatic carbocycles. The molecule has 2 aliphatic rings. The molecule has 0 unspecified atom stereocenters. The first-order chi connectivity index (χ1) is 13.7. The minimum atomic E-state index is 0.310. The van der Waals surface area contributed by atoms with E-state index in [0.29, 0.717) is 5.41 Å². The maximum absolute atomic E-state index is 5.24. The second kappa shape index (κ2) is 7.08. The van der Waals surface area contributed by atoms with Crippen molar-refractivity contribution in [3.05, 3.63) is 70.5 Å². The summed E-state index contributed by atoms with van der Waals surface area (Å²) in [5, 5.41) is 0. The number of aromatic nitrogens is 2. The normalized spacial score (nSPS) is 16.3. The molecule has 0 amide bonds. The van der Waals surface area contributed by atoms with Crippen molar-refractivity contribution in [1.82, 2.24) is 9.97 Å². The fourth-order valence-corrected chi connectivity index (χ4v) is 4.93.